The number of benzene rings is 1. The normalized spacial score (nSPS) is 12.4. The molecule has 21 heavy (non-hydrogen) atoms. The minimum absolute atomic E-state index is 0.205. The number of methoxy groups -OCH3 is 1. The first-order valence-electron chi connectivity index (χ1n) is 7.16. The number of ether oxygens (including phenoxy) is 1. The number of hydrogen-bond donors (Lipinski definition) is 1. The molecule has 1 atom stereocenters. The van der Waals surface area contributed by atoms with Gasteiger partial charge in [-0.2, -0.15) is 5.10 Å². The Balaban J connectivity index is 2.08. The molecule has 0 saturated heterocycles. The van der Waals surface area contributed by atoms with Crippen molar-refractivity contribution in [3.8, 4) is 5.75 Å². The molecule has 2 rings (SSSR count). The maximum absolute atomic E-state index is 6.33. The standard InChI is InChI=1S/C16H22ClN3O/c1-5-20-15(16(17)12(3)19-20)10-18-11(2)13-7-6-8-14(9-13)21-4/h6-9,11,18H,5,10H2,1-4H3/t11-/m0/s1. The molecule has 0 spiro atoms. The number of aromatic nitrogens is 2. The summed E-state index contributed by atoms with van der Waals surface area (Å²) in [7, 11) is 1.68. The summed E-state index contributed by atoms with van der Waals surface area (Å²) in [5.41, 5.74) is 3.10. The highest BCUT2D eigenvalue weighted by Gasteiger charge is 2.14. The van der Waals surface area contributed by atoms with E-state index >= 15 is 0 Å². The van der Waals surface area contributed by atoms with Crippen molar-refractivity contribution in [2.45, 2.75) is 39.9 Å². The van der Waals surface area contributed by atoms with Crippen LogP contribution in [0.2, 0.25) is 5.02 Å². The van der Waals surface area contributed by atoms with E-state index in [9.17, 15) is 0 Å². The summed E-state index contributed by atoms with van der Waals surface area (Å²) in [5.74, 6) is 0.869. The minimum atomic E-state index is 0.205. The van der Waals surface area contributed by atoms with Crippen LogP contribution in [0.25, 0.3) is 0 Å². The zero-order valence-corrected chi connectivity index (χ0v) is 13.7. The van der Waals surface area contributed by atoms with Gasteiger partial charge in [0.1, 0.15) is 5.75 Å². The van der Waals surface area contributed by atoms with Crippen LogP contribution < -0.4 is 10.1 Å². The van der Waals surface area contributed by atoms with Gasteiger partial charge in [-0.3, -0.25) is 4.68 Å². The van der Waals surface area contributed by atoms with Gasteiger partial charge in [-0.15, -0.1) is 0 Å². The fourth-order valence-corrected chi connectivity index (χ4v) is 2.52. The first-order valence-corrected chi connectivity index (χ1v) is 7.53. The molecular formula is C16H22ClN3O. The van der Waals surface area contributed by atoms with Crippen LogP contribution in [-0.4, -0.2) is 16.9 Å². The van der Waals surface area contributed by atoms with Crippen molar-refractivity contribution in [2.24, 2.45) is 0 Å². The van der Waals surface area contributed by atoms with E-state index in [1.165, 1.54) is 5.56 Å². The number of rotatable bonds is 6. The maximum Gasteiger partial charge on any atom is 0.119 e. The van der Waals surface area contributed by atoms with Crippen LogP contribution in [0.1, 0.15) is 36.8 Å². The minimum Gasteiger partial charge on any atom is -0.497 e. The van der Waals surface area contributed by atoms with Gasteiger partial charge in [0.2, 0.25) is 0 Å². The third-order valence-electron chi connectivity index (χ3n) is 3.62. The SMILES string of the molecule is CCn1nc(C)c(Cl)c1CN[C@@H](C)c1cccc(OC)c1. The lowest BCUT2D eigenvalue weighted by molar-refractivity contribution is 0.413. The van der Waals surface area contributed by atoms with Gasteiger partial charge in [0.25, 0.3) is 0 Å². The Bertz CT molecular complexity index is 610. The molecule has 0 fully saturated rings. The monoisotopic (exact) mass is 307 g/mol. The molecule has 4 nitrogen and oxygen atoms in total. The molecule has 0 unspecified atom stereocenters. The second kappa shape index (κ2) is 6.96. The highest BCUT2D eigenvalue weighted by Crippen LogP contribution is 2.22. The fourth-order valence-electron chi connectivity index (χ4n) is 2.32. The van der Waals surface area contributed by atoms with Gasteiger partial charge in [0, 0.05) is 19.1 Å². The van der Waals surface area contributed by atoms with Crippen molar-refractivity contribution < 1.29 is 4.74 Å². The van der Waals surface area contributed by atoms with Crippen molar-refractivity contribution >= 4 is 11.6 Å². The lowest BCUT2D eigenvalue weighted by Crippen LogP contribution is -2.20. The molecule has 0 saturated carbocycles. The summed E-state index contributed by atoms with van der Waals surface area (Å²) in [6, 6.07) is 8.28. The van der Waals surface area contributed by atoms with Crippen molar-refractivity contribution in [3.05, 3.63) is 46.2 Å². The molecule has 0 aliphatic heterocycles. The largest absolute Gasteiger partial charge is 0.497 e. The lowest BCUT2D eigenvalue weighted by atomic mass is 10.1. The number of hydrogen-bond acceptors (Lipinski definition) is 3. The van der Waals surface area contributed by atoms with E-state index in [0.29, 0.717) is 6.54 Å². The number of aryl methyl sites for hydroxylation is 2. The molecule has 1 aromatic heterocycles. The van der Waals surface area contributed by atoms with Crippen molar-refractivity contribution in [1.29, 1.82) is 0 Å². The van der Waals surface area contributed by atoms with Gasteiger partial charge in [-0.25, -0.2) is 0 Å². The second-order valence-corrected chi connectivity index (χ2v) is 5.42. The van der Waals surface area contributed by atoms with E-state index in [-0.39, 0.29) is 6.04 Å². The molecule has 0 amide bonds. The topological polar surface area (TPSA) is 39.1 Å². The smallest absolute Gasteiger partial charge is 0.119 e. The quantitative estimate of drug-likeness (QED) is 0.884. The Kier molecular flexibility index (Phi) is 5.26. The predicted molar refractivity (Wildman–Crippen MR) is 85.9 cm³/mol. The lowest BCUT2D eigenvalue weighted by Gasteiger charge is -2.16. The second-order valence-electron chi connectivity index (χ2n) is 5.04. The molecule has 1 aromatic carbocycles. The first kappa shape index (κ1) is 15.9. The van der Waals surface area contributed by atoms with E-state index in [2.05, 4.69) is 30.3 Å². The van der Waals surface area contributed by atoms with E-state index in [4.69, 9.17) is 16.3 Å². The van der Waals surface area contributed by atoms with Gasteiger partial charge in [0.15, 0.2) is 0 Å². The molecular weight excluding hydrogens is 286 g/mol. The fraction of sp³-hybridized carbons (Fsp3) is 0.438. The Morgan fingerprint density at radius 2 is 2.19 bits per heavy atom. The molecule has 5 heteroatoms. The first-order chi connectivity index (χ1) is 10.1. The average molecular weight is 308 g/mol. The molecule has 0 aliphatic carbocycles. The summed E-state index contributed by atoms with van der Waals surface area (Å²) >= 11 is 6.33. The Morgan fingerprint density at radius 3 is 2.86 bits per heavy atom. The third kappa shape index (κ3) is 3.57. The number of halogens is 1. The summed E-state index contributed by atoms with van der Waals surface area (Å²) < 4.78 is 7.21. The van der Waals surface area contributed by atoms with Gasteiger partial charge >= 0.3 is 0 Å². The van der Waals surface area contributed by atoms with E-state index in [0.717, 1.165) is 28.7 Å². The zero-order valence-electron chi connectivity index (χ0n) is 13.0. The van der Waals surface area contributed by atoms with E-state index in [1.54, 1.807) is 7.11 Å². The highest BCUT2D eigenvalue weighted by molar-refractivity contribution is 6.31. The molecule has 0 aliphatic rings. The number of nitrogens with zero attached hydrogens (tertiary/aromatic N) is 2. The molecule has 0 bridgehead atoms. The Hall–Kier alpha value is -1.52. The van der Waals surface area contributed by atoms with Gasteiger partial charge in [-0.05, 0) is 38.5 Å². The van der Waals surface area contributed by atoms with Gasteiger partial charge in [-0.1, -0.05) is 23.7 Å². The summed E-state index contributed by atoms with van der Waals surface area (Å²) in [5, 5.41) is 8.68. The van der Waals surface area contributed by atoms with Crippen molar-refractivity contribution in [2.75, 3.05) is 7.11 Å². The van der Waals surface area contributed by atoms with Crippen molar-refractivity contribution in [1.82, 2.24) is 15.1 Å². The summed E-state index contributed by atoms with van der Waals surface area (Å²) in [4.78, 5) is 0. The van der Waals surface area contributed by atoms with Crippen LogP contribution in [0, 0.1) is 6.92 Å². The Labute approximate surface area is 131 Å². The van der Waals surface area contributed by atoms with Gasteiger partial charge in [0.05, 0.1) is 23.5 Å². The average Bonchev–Trinajstić information content (AvgIpc) is 2.79. The predicted octanol–water partition coefficient (Wildman–Crippen LogP) is 3.72. The molecule has 1 N–H and O–H groups in total. The number of nitrogens with one attached hydrogen (secondary N) is 1. The highest BCUT2D eigenvalue weighted by atomic mass is 35.5. The van der Waals surface area contributed by atoms with Crippen LogP contribution >= 0.6 is 11.6 Å². The van der Waals surface area contributed by atoms with Crippen LogP contribution in [0.3, 0.4) is 0 Å². The van der Waals surface area contributed by atoms with E-state index < -0.39 is 0 Å². The Morgan fingerprint density at radius 1 is 1.43 bits per heavy atom. The molecule has 114 valence electrons. The molecule has 1 heterocycles. The maximum atomic E-state index is 6.33. The van der Waals surface area contributed by atoms with Crippen LogP contribution in [0.5, 0.6) is 5.75 Å². The molecule has 0 radical (unpaired) electrons. The summed E-state index contributed by atoms with van der Waals surface area (Å²) in [6.07, 6.45) is 0. The zero-order chi connectivity index (χ0) is 15.4. The van der Waals surface area contributed by atoms with Gasteiger partial charge < -0.3 is 10.1 Å². The van der Waals surface area contributed by atoms with Crippen LogP contribution in [-0.2, 0) is 13.1 Å². The van der Waals surface area contributed by atoms with Crippen LogP contribution in [0.4, 0.5) is 0 Å². The summed E-state index contributed by atoms with van der Waals surface area (Å²) in [6.45, 7) is 7.63. The van der Waals surface area contributed by atoms with Crippen LogP contribution in [0.15, 0.2) is 24.3 Å². The van der Waals surface area contributed by atoms with E-state index in [1.807, 2.05) is 29.8 Å². The van der Waals surface area contributed by atoms with Crippen molar-refractivity contribution in [3.63, 3.8) is 0 Å². The third-order valence-corrected chi connectivity index (χ3v) is 4.11. The molecule has 2 aromatic rings.